The van der Waals surface area contributed by atoms with Crippen LogP contribution in [0.5, 0.6) is 5.75 Å². The van der Waals surface area contributed by atoms with Crippen molar-refractivity contribution < 1.29 is 24.2 Å². The van der Waals surface area contributed by atoms with Crippen LogP contribution in [0.25, 0.3) is 0 Å². The average molecular weight is 374 g/mol. The van der Waals surface area contributed by atoms with Crippen LogP contribution >= 0.6 is 0 Å². The molecule has 4 N–H and O–H groups in total. The Kier molecular flexibility index (Phi) is 9.57. The molecule has 0 atom stereocenters. The lowest BCUT2D eigenvalue weighted by Gasteiger charge is -2.13. The molecule has 1 aromatic carbocycles. The highest BCUT2D eigenvalue weighted by Gasteiger charge is 2.11. The van der Waals surface area contributed by atoms with Crippen LogP contribution in [0.3, 0.4) is 0 Å². The monoisotopic (exact) mass is 374 g/mol. The summed E-state index contributed by atoms with van der Waals surface area (Å²) in [6.45, 7) is 7.84. The van der Waals surface area contributed by atoms with E-state index in [1.54, 1.807) is 37.3 Å². The van der Waals surface area contributed by atoms with Gasteiger partial charge in [-0.05, 0) is 44.2 Å². The number of hydrogen-bond acceptors (Lipinski definition) is 6. The summed E-state index contributed by atoms with van der Waals surface area (Å²) in [7, 11) is 0. The lowest BCUT2D eigenvalue weighted by molar-refractivity contribution is -0.114. The molecule has 27 heavy (non-hydrogen) atoms. The number of nitrogens with one attached hydrogen (secondary N) is 1. The van der Waals surface area contributed by atoms with Gasteiger partial charge in [-0.25, -0.2) is 0 Å². The van der Waals surface area contributed by atoms with Gasteiger partial charge in [0.15, 0.2) is 5.78 Å². The van der Waals surface area contributed by atoms with E-state index in [-0.39, 0.29) is 30.1 Å². The van der Waals surface area contributed by atoms with E-state index in [1.165, 1.54) is 13.0 Å². The number of rotatable bonds is 12. The highest BCUT2D eigenvalue weighted by Crippen LogP contribution is 2.20. The van der Waals surface area contributed by atoms with Crippen molar-refractivity contribution in [2.45, 2.75) is 13.8 Å². The van der Waals surface area contributed by atoms with Gasteiger partial charge in [-0.2, -0.15) is 0 Å². The summed E-state index contributed by atoms with van der Waals surface area (Å²) in [5, 5.41) is 11.7. The molecule has 0 aliphatic heterocycles. The number of carbonyl (C=O) groups excluding carboxylic acids is 2. The quantitative estimate of drug-likeness (QED) is 0.293. The highest BCUT2D eigenvalue weighted by molar-refractivity contribution is 6.00. The van der Waals surface area contributed by atoms with Crippen LogP contribution in [0.2, 0.25) is 0 Å². The molecular weight excluding hydrogens is 348 g/mol. The summed E-state index contributed by atoms with van der Waals surface area (Å²) in [4.78, 5) is 23.1. The first-order valence-corrected chi connectivity index (χ1v) is 8.45. The lowest BCUT2D eigenvalue weighted by Crippen LogP contribution is -2.15. The number of allylic oxidation sites excluding steroid dienone is 2. The van der Waals surface area contributed by atoms with Crippen LogP contribution in [-0.4, -0.2) is 43.2 Å². The minimum absolute atomic E-state index is 0.0214. The van der Waals surface area contributed by atoms with Crippen molar-refractivity contribution in [3.8, 4) is 5.75 Å². The van der Waals surface area contributed by atoms with Gasteiger partial charge in [-0.1, -0.05) is 12.7 Å². The summed E-state index contributed by atoms with van der Waals surface area (Å²) in [5.74, 6) is -0.174. The molecular formula is C20H26N2O5. The second kappa shape index (κ2) is 11.7. The predicted molar refractivity (Wildman–Crippen MR) is 104 cm³/mol. The minimum Gasteiger partial charge on any atom is -0.491 e. The number of nitrogens with two attached hydrogens (primary N) is 1. The summed E-state index contributed by atoms with van der Waals surface area (Å²) >= 11 is 0. The number of aliphatic hydroxyl groups excluding tert-OH is 1. The second-order valence-electron chi connectivity index (χ2n) is 5.53. The standard InChI is InChI=1S/C20H26N2O5/c1-4-16(20(21)25)13-19(14(2)15(3)24)22-17-5-7-18(8-6-17)27-12-11-26-10-9-23/h4-8,13,22-23H,2,9-12H2,1,3H3,(H2,21,25)/b16-4+,19-13+. The Labute approximate surface area is 159 Å². The van der Waals surface area contributed by atoms with Gasteiger partial charge in [-0.3, -0.25) is 9.59 Å². The number of Topliss-reactive ketones (excluding diaryl/α,β-unsaturated/α-hetero) is 1. The number of carbonyl (C=O) groups is 2. The Morgan fingerprint density at radius 3 is 2.41 bits per heavy atom. The number of amides is 1. The molecule has 0 spiro atoms. The molecule has 1 amide bonds. The van der Waals surface area contributed by atoms with E-state index in [0.29, 0.717) is 30.3 Å². The summed E-state index contributed by atoms with van der Waals surface area (Å²) < 4.78 is 10.6. The lowest BCUT2D eigenvalue weighted by atomic mass is 10.1. The van der Waals surface area contributed by atoms with E-state index >= 15 is 0 Å². The first-order chi connectivity index (χ1) is 12.9. The van der Waals surface area contributed by atoms with Crippen LogP contribution in [0, 0.1) is 0 Å². The molecule has 0 radical (unpaired) electrons. The Morgan fingerprint density at radius 1 is 1.22 bits per heavy atom. The predicted octanol–water partition coefficient (Wildman–Crippen LogP) is 1.95. The Morgan fingerprint density at radius 2 is 1.89 bits per heavy atom. The van der Waals surface area contributed by atoms with Crippen LogP contribution in [-0.2, 0) is 14.3 Å². The normalized spacial score (nSPS) is 11.8. The number of anilines is 1. The number of ketones is 1. The van der Waals surface area contributed by atoms with Gasteiger partial charge in [0.2, 0.25) is 5.91 Å². The van der Waals surface area contributed by atoms with Gasteiger partial charge in [0.05, 0.1) is 19.8 Å². The van der Waals surface area contributed by atoms with Crippen LogP contribution in [0.4, 0.5) is 5.69 Å². The molecule has 0 aromatic heterocycles. The molecule has 0 aliphatic carbocycles. The molecule has 0 aliphatic rings. The van der Waals surface area contributed by atoms with Crippen LogP contribution in [0.1, 0.15) is 13.8 Å². The number of benzene rings is 1. The van der Waals surface area contributed by atoms with Gasteiger partial charge in [0, 0.05) is 22.5 Å². The second-order valence-corrected chi connectivity index (χ2v) is 5.53. The Bertz CT molecular complexity index is 720. The molecule has 0 fully saturated rings. The van der Waals surface area contributed by atoms with Crippen molar-refractivity contribution in [1.29, 1.82) is 0 Å². The summed E-state index contributed by atoms with van der Waals surface area (Å²) in [6.07, 6.45) is 3.06. The van der Waals surface area contributed by atoms with Gasteiger partial charge in [0.1, 0.15) is 12.4 Å². The minimum atomic E-state index is -0.597. The third-order valence-electron chi connectivity index (χ3n) is 3.51. The molecule has 0 saturated heterocycles. The fourth-order valence-corrected chi connectivity index (χ4v) is 2.02. The van der Waals surface area contributed by atoms with E-state index < -0.39 is 5.91 Å². The molecule has 1 rings (SSSR count). The molecule has 0 saturated carbocycles. The Hall–Kier alpha value is -2.90. The zero-order valence-corrected chi connectivity index (χ0v) is 15.7. The third kappa shape index (κ3) is 7.89. The molecule has 0 bridgehead atoms. The smallest absolute Gasteiger partial charge is 0.248 e. The molecule has 7 nitrogen and oxygen atoms in total. The van der Waals surface area contributed by atoms with E-state index in [1.807, 2.05) is 0 Å². The van der Waals surface area contributed by atoms with Gasteiger partial charge in [0.25, 0.3) is 0 Å². The Balaban J connectivity index is 2.84. The average Bonchev–Trinajstić information content (AvgIpc) is 2.65. The number of hydrogen-bond donors (Lipinski definition) is 3. The molecule has 0 heterocycles. The van der Waals surface area contributed by atoms with Crippen molar-refractivity contribution in [3.63, 3.8) is 0 Å². The zero-order valence-electron chi connectivity index (χ0n) is 15.7. The van der Waals surface area contributed by atoms with E-state index in [9.17, 15) is 9.59 Å². The van der Waals surface area contributed by atoms with Crippen molar-refractivity contribution in [2.75, 3.05) is 31.7 Å². The van der Waals surface area contributed by atoms with Crippen LogP contribution in [0.15, 0.2) is 59.8 Å². The molecule has 7 heteroatoms. The van der Waals surface area contributed by atoms with Crippen molar-refractivity contribution in [2.24, 2.45) is 5.73 Å². The van der Waals surface area contributed by atoms with Crippen molar-refractivity contribution in [3.05, 3.63) is 59.8 Å². The fraction of sp³-hybridized carbons (Fsp3) is 0.300. The van der Waals surface area contributed by atoms with Gasteiger partial charge in [-0.15, -0.1) is 0 Å². The van der Waals surface area contributed by atoms with E-state index in [0.717, 1.165) is 0 Å². The van der Waals surface area contributed by atoms with Crippen molar-refractivity contribution in [1.82, 2.24) is 0 Å². The topological polar surface area (TPSA) is 111 Å². The largest absolute Gasteiger partial charge is 0.491 e. The maximum Gasteiger partial charge on any atom is 0.248 e. The zero-order chi connectivity index (χ0) is 20.2. The van der Waals surface area contributed by atoms with Crippen molar-refractivity contribution >= 4 is 17.4 Å². The SMILES string of the molecule is C=C(C(C)=O)/C(=C\C(=C/C)C(N)=O)Nc1ccc(OCCOCCO)cc1. The number of ether oxygens (including phenoxy) is 2. The first-order valence-electron chi connectivity index (χ1n) is 8.45. The summed E-state index contributed by atoms with van der Waals surface area (Å²) in [5.41, 5.74) is 6.90. The molecule has 0 unspecified atom stereocenters. The maximum atomic E-state index is 11.7. The van der Waals surface area contributed by atoms with Gasteiger partial charge >= 0.3 is 0 Å². The van der Waals surface area contributed by atoms with Gasteiger partial charge < -0.3 is 25.6 Å². The number of primary amides is 1. The van der Waals surface area contributed by atoms with Crippen LogP contribution < -0.4 is 15.8 Å². The summed E-state index contributed by atoms with van der Waals surface area (Å²) in [6, 6.07) is 7.05. The molecule has 146 valence electrons. The first kappa shape index (κ1) is 22.1. The molecule has 1 aromatic rings. The van der Waals surface area contributed by atoms with E-state index in [4.69, 9.17) is 20.3 Å². The number of aliphatic hydroxyl groups is 1. The maximum absolute atomic E-state index is 11.7. The van der Waals surface area contributed by atoms with E-state index in [2.05, 4.69) is 11.9 Å². The fourth-order valence-electron chi connectivity index (χ4n) is 2.02. The highest BCUT2D eigenvalue weighted by atomic mass is 16.5. The third-order valence-corrected chi connectivity index (χ3v) is 3.51.